The third-order valence-corrected chi connectivity index (χ3v) is 2.06. The zero-order valence-corrected chi connectivity index (χ0v) is 6.20. The van der Waals surface area contributed by atoms with Crippen molar-refractivity contribution >= 4 is 5.82 Å². The molecule has 1 aromatic heterocycles. The Balaban J connectivity index is 2.23. The van der Waals surface area contributed by atoms with E-state index in [1.165, 1.54) is 25.5 Å². The van der Waals surface area contributed by atoms with Crippen molar-refractivity contribution < 1.29 is 0 Å². The van der Waals surface area contributed by atoms with Crippen LogP contribution in [0.5, 0.6) is 0 Å². The minimum Gasteiger partial charge on any atom is -0.382 e. The summed E-state index contributed by atoms with van der Waals surface area (Å²) in [7, 11) is 0. The van der Waals surface area contributed by atoms with E-state index in [1.807, 2.05) is 0 Å². The summed E-state index contributed by atoms with van der Waals surface area (Å²) in [6.07, 6.45) is 5.13. The van der Waals surface area contributed by atoms with Crippen molar-refractivity contribution in [3.8, 4) is 0 Å². The van der Waals surface area contributed by atoms with Crippen molar-refractivity contribution in [3.63, 3.8) is 0 Å². The monoisotopic (exact) mass is 150 g/mol. The predicted molar refractivity (Wildman–Crippen MR) is 40.8 cm³/mol. The van der Waals surface area contributed by atoms with Gasteiger partial charge < -0.3 is 5.73 Å². The summed E-state index contributed by atoms with van der Waals surface area (Å²) < 4.78 is 0. The molecule has 1 saturated carbocycles. The molecule has 2 rings (SSSR count). The molecule has 4 heteroatoms. The zero-order valence-electron chi connectivity index (χ0n) is 6.20. The van der Waals surface area contributed by atoms with E-state index in [9.17, 15) is 0 Å². The highest BCUT2D eigenvalue weighted by Gasteiger charge is 2.22. The van der Waals surface area contributed by atoms with Crippen LogP contribution >= 0.6 is 0 Å². The Labute approximate surface area is 64.9 Å². The van der Waals surface area contributed by atoms with Crippen molar-refractivity contribution in [2.45, 2.75) is 25.2 Å². The molecular weight excluding hydrogens is 140 g/mol. The quantitative estimate of drug-likeness (QED) is 0.640. The Kier molecular flexibility index (Phi) is 1.45. The van der Waals surface area contributed by atoms with Crippen LogP contribution in [0.3, 0.4) is 0 Å². The van der Waals surface area contributed by atoms with Crippen LogP contribution in [0.1, 0.15) is 31.0 Å². The second-order valence-corrected chi connectivity index (χ2v) is 2.87. The van der Waals surface area contributed by atoms with E-state index >= 15 is 0 Å². The SMILES string of the molecule is Nc1cnnc(C2CCC2)n1. The van der Waals surface area contributed by atoms with Gasteiger partial charge in [-0.1, -0.05) is 6.42 Å². The molecule has 0 atom stereocenters. The van der Waals surface area contributed by atoms with Crippen LogP contribution in [0.25, 0.3) is 0 Å². The van der Waals surface area contributed by atoms with Gasteiger partial charge in [-0.3, -0.25) is 0 Å². The first-order chi connectivity index (χ1) is 5.36. The average Bonchev–Trinajstić information content (AvgIpc) is 1.83. The van der Waals surface area contributed by atoms with Crippen molar-refractivity contribution in [1.29, 1.82) is 0 Å². The van der Waals surface area contributed by atoms with Crippen LogP contribution in [0.4, 0.5) is 5.82 Å². The molecule has 2 N–H and O–H groups in total. The fraction of sp³-hybridized carbons (Fsp3) is 0.571. The third-order valence-electron chi connectivity index (χ3n) is 2.06. The minimum absolute atomic E-state index is 0.474. The van der Waals surface area contributed by atoms with Crippen LogP contribution in [-0.2, 0) is 0 Å². The molecule has 4 nitrogen and oxygen atoms in total. The molecule has 0 spiro atoms. The van der Waals surface area contributed by atoms with Gasteiger partial charge in [-0.2, -0.15) is 5.10 Å². The molecular formula is C7H10N4. The summed E-state index contributed by atoms with van der Waals surface area (Å²) in [5.41, 5.74) is 5.46. The summed E-state index contributed by atoms with van der Waals surface area (Å²) in [4.78, 5) is 4.10. The lowest BCUT2D eigenvalue weighted by Gasteiger charge is -2.22. The third kappa shape index (κ3) is 1.15. The zero-order chi connectivity index (χ0) is 7.68. The number of anilines is 1. The average molecular weight is 150 g/mol. The van der Waals surface area contributed by atoms with Crippen LogP contribution in [-0.4, -0.2) is 15.2 Å². The van der Waals surface area contributed by atoms with Crippen molar-refractivity contribution in [3.05, 3.63) is 12.0 Å². The topological polar surface area (TPSA) is 64.7 Å². The van der Waals surface area contributed by atoms with Gasteiger partial charge in [0.15, 0.2) is 5.82 Å². The first kappa shape index (κ1) is 6.52. The summed E-state index contributed by atoms with van der Waals surface area (Å²) in [5.74, 6) is 1.81. The number of nitrogen functional groups attached to an aromatic ring is 1. The van der Waals surface area contributed by atoms with Gasteiger partial charge in [0.1, 0.15) is 5.82 Å². The molecule has 1 heterocycles. The Morgan fingerprint density at radius 1 is 1.45 bits per heavy atom. The lowest BCUT2D eigenvalue weighted by atomic mass is 9.85. The maximum absolute atomic E-state index is 5.46. The largest absolute Gasteiger partial charge is 0.382 e. The van der Waals surface area contributed by atoms with Gasteiger partial charge in [0.25, 0.3) is 0 Å². The van der Waals surface area contributed by atoms with E-state index < -0.39 is 0 Å². The van der Waals surface area contributed by atoms with Gasteiger partial charge in [-0.25, -0.2) is 4.98 Å². The van der Waals surface area contributed by atoms with E-state index in [0.29, 0.717) is 11.7 Å². The normalized spacial score (nSPS) is 17.8. The fourth-order valence-electron chi connectivity index (χ4n) is 1.17. The van der Waals surface area contributed by atoms with Crippen molar-refractivity contribution in [2.75, 3.05) is 5.73 Å². The Morgan fingerprint density at radius 2 is 2.27 bits per heavy atom. The van der Waals surface area contributed by atoms with Gasteiger partial charge in [0.05, 0.1) is 6.20 Å². The summed E-state index contributed by atoms with van der Waals surface area (Å²) >= 11 is 0. The van der Waals surface area contributed by atoms with Gasteiger partial charge >= 0.3 is 0 Å². The van der Waals surface area contributed by atoms with Crippen LogP contribution in [0, 0.1) is 0 Å². The standard InChI is InChI=1S/C7H10N4/c8-6-4-9-11-7(10-6)5-2-1-3-5/h4-5H,1-3H2,(H2,8,10,11). The number of nitrogens with two attached hydrogens (primary N) is 1. The maximum atomic E-state index is 5.46. The molecule has 58 valence electrons. The van der Waals surface area contributed by atoms with Crippen LogP contribution in [0.2, 0.25) is 0 Å². The molecule has 1 fully saturated rings. The molecule has 1 aliphatic rings. The number of rotatable bonds is 1. The van der Waals surface area contributed by atoms with Crippen LogP contribution < -0.4 is 5.73 Å². The summed E-state index contributed by atoms with van der Waals surface area (Å²) in [6, 6.07) is 0. The molecule has 0 aliphatic heterocycles. The summed E-state index contributed by atoms with van der Waals surface area (Å²) in [5, 5.41) is 7.67. The molecule has 0 radical (unpaired) electrons. The van der Waals surface area contributed by atoms with E-state index in [-0.39, 0.29) is 0 Å². The highest BCUT2D eigenvalue weighted by molar-refractivity contribution is 5.22. The second kappa shape index (κ2) is 2.45. The Morgan fingerprint density at radius 3 is 2.82 bits per heavy atom. The number of hydrogen-bond donors (Lipinski definition) is 1. The highest BCUT2D eigenvalue weighted by atomic mass is 15.2. The molecule has 1 aromatic rings. The Hall–Kier alpha value is -1.19. The van der Waals surface area contributed by atoms with Crippen molar-refractivity contribution in [2.24, 2.45) is 0 Å². The van der Waals surface area contributed by atoms with Crippen LogP contribution in [0.15, 0.2) is 6.20 Å². The lowest BCUT2D eigenvalue weighted by molar-refractivity contribution is 0.398. The van der Waals surface area contributed by atoms with E-state index in [4.69, 9.17) is 5.73 Å². The second-order valence-electron chi connectivity index (χ2n) is 2.87. The van der Waals surface area contributed by atoms with E-state index in [0.717, 1.165) is 5.82 Å². The van der Waals surface area contributed by atoms with Gasteiger partial charge in [0.2, 0.25) is 0 Å². The maximum Gasteiger partial charge on any atom is 0.156 e. The van der Waals surface area contributed by atoms with Gasteiger partial charge in [0, 0.05) is 5.92 Å². The van der Waals surface area contributed by atoms with E-state index in [1.54, 1.807) is 0 Å². The summed E-state index contributed by atoms with van der Waals surface area (Å²) in [6.45, 7) is 0. The van der Waals surface area contributed by atoms with Crippen molar-refractivity contribution in [1.82, 2.24) is 15.2 Å². The number of nitrogens with zero attached hydrogens (tertiary/aromatic N) is 3. The molecule has 0 aromatic carbocycles. The van der Waals surface area contributed by atoms with Gasteiger partial charge in [-0.15, -0.1) is 5.10 Å². The van der Waals surface area contributed by atoms with E-state index in [2.05, 4.69) is 15.2 Å². The number of hydrogen-bond acceptors (Lipinski definition) is 4. The molecule has 0 unspecified atom stereocenters. The highest BCUT2D eigenvalue weighted by Crippen LogP contribution is 2.33. The Bertz CT molecular complexity index is 256. The molecule has 0 bridgehead atoms. The fourth-order valence-corrected chi connectivity index (χ4v) is 1.17. The minimum atomic E-state index is 0.474. The molecule has 0 amide bonds. The lowest BCUT2D eigenvalue weighted by Crippen LogP contribution is -2.14. The molecule has 0 saturated heterocycles. The molecule has 1 aliphatic carbocycles. The predicted octanol–water partition coefficient (Wildman–Crippen LogP) is 0.721. The first-order valence-corrected chi connectivity index (χ1v) is 3.81. The number of aromatic nitrogens is 3. The molecule has 11 heavy (non-hydrogen) atoms. The smallest absolute Gasteiger partial charge is 0.156 e. The first-order valence-electron chi connectivity index (χ1n) is 3.81. The van der Waals surface area contributed by atoms with Gasteiger partial charge in [-0.05, 0) is 12.8 Å².